The van der Waals surface area contributed by atoms with Crippen molar-refractivity contribution in [2.45, 2.75) is 257 Å². The van der Waals surface area contributed by atoms with E-state index in [9.17, 15) is 19.5 Å². The lowest BCUT2D eigenvalue weighted by Gasteiger charge is -2.26. The average Bonchev–Trinajstić information content (AvgIpc) is 3.34. The van der Waals surface area contributed by atoms with E-state index >= 15 is 0 Å². The summed E-state index contributed by atoms with van der Waals surface area (Å²) < 4.78 is 22.7. The highest BCUT2D eigenvalue weighted by Gasteiger charge is 2.22. The number of unbranched alkanes of at least 4 members (excludes halogenated alkanes) is 26. The standard InChI is InChI=1S/C62H109NO8/c1-6-8-10-12-14-16-18-20-22-23-24-25-26-27-28-29-30-31-32-33-34-35-36-37-39-41-43-45-47-49-51-53-60(65)71-58(57-70-62(61(66)67)68-55-54-63(3,4)5)56-69-59(64)52-50-48-46-44-42-40-38-21-19-17-15-13-11-9-7-2/h9,11,15,17-18,20-21,23-24,26-27,38,58,62H,6-8,10,12-14,16,19,22,25,28-37,39-57H2,1-5H3/b11-9-,17-15-,20-18-,24-23-,27-26-,38-21-. The number of likely N-dealkylation sites (N-methyl/N-ethyl adjacent to an activating group) is 1. The number of rotatable bonds is 53. The van der Waals surface area contributed by atoms with Gasteiger partial charge in [0.05, 0.1) is 40.3 Å². The molecule has 0 amide bonds. The van der Waals surface area contributed by atoms with Gasteiger partial charge >= 0.3 is 11.9 Å². The fourth-order valence-electron chi connectivity index (χ4n) is 7.97. The summed E-state index contributed by atoms with van der Waals surface area (Å²) in [4.78, 5) is 37.2. The van der Waals surface area contributed by atoms with E-state index in [1.54, 1.807) is 0 Å². The van der Waals surface area contributed by atoms with Crippen LogP contribution in [-0.4, -0.2) is 82.3 Å². The first-order valence-electron chi connectivity index (χ1n) is 29.1. The first-order chi connectivity index (χ1) is 34.6. The second kappa shape index (κ2) is 53.0. The molecule has 71 heavy (non-hydrogen) atoms. The fourth-order valence-corrected chi connectivity index (χ4v) is 7.97. The van der Waals surface area contributed by atoms with E-state index in [-0.39, 0.29) is 38.6 Å². The number of aliphatic carboxylic acids is 1. The van der Waals surface area contributed by atoms with Crippen LogP contribution in [0.15, 0.2) is 72.9 Å². The molecular weight excluding hydrogens is 887 g/mol. The number of nitrogens with zero attached hydrogens (tertiary/aromatic N) is 1. The van der Waals surface area contributed by atoms with Crippen LogP contribution in [0.5, 0.6) is 0 Å². The first-order valence-corrected chi connectivity index (χ1v) is 29.1. The van der Waals surface area contributed by atoms with Crippen molar-refractivity contribution in [3.8, 4) is 0 Å². The molecule has 0 spiro atoms. The third-order valence-electron chi connectivity index (χ3n) is 12.4. The molecule has 0 radical (unpaired) electrons. The molecule has 0 heterocycles. The minimum Gasteiger partial charge on any atom is -0.545 e. The Morgan fingerprint density at radius 2 is 0.803 bits per heavy atom. The molecule has 0 rings (SSSR count). The largest absolute Gasteiger partial charge is 0.545 e. The Bertz CT molecular complexity index is 1390. The van der Waals surface area contributed by atoms with Crippen molar-refractivity contribution in [1.82, 2.24) is 0 Å². The van der Waals surface area contributed by atoms with Crippen LogP contribution in [0.2, 0.25) is 0 Å². The Labute approximate surface area is 437 Å². The Balaban J connectivity index is 4.16. The molecule has 0 bridgehead atoms. The highest BCUT2D eigenvalue weighted by molar-refractivity contribution is 5.70. The van der Waals surface area contributed by atoms with Crippen LogP contribution in [0, 0.1) is 0 Å². The number of carbonyl (C=O) groups excluding carboxylic acids is 3. The Kier molecular flexibility index (Phi) is 50.6. The molecule has 0 aromatic heterocycles. The molecule has 2 unspecified atom stereocenters. The number of carbonyl (C=O) groups is 3. The van der Waals surface area contributed by atoms with Crippen LogP contribution in [0.1, 0.15) is 245 Å². The smallest absolute Gasteiger partial charge is 0.306 e. The maximum atomic E-state index is 12.9. The molecule has 0 fully saturated rings. The molecule has 9 heteroatoms. The molecule has 2 atom stereocenters. The maximum Gasteiger partial charge on any atom is 0.306 e. The van der Waals surface area contributed by atoms with Gasteiger partial charge in [-0.05, 0) is 83.5 Å². The van der Waals surface area contributed by atoms with Crippen LogP contribution in [0.4, 0.5) is 0 Å². The van der Waals surface area contributed by atoms with Gasteiger partial charge in [0.2, 0.25) is 0 Å². The van der Waals surface area contributed by atoms with Gasteiger partial charge in [-0.1, -0.05) is 222 Å². The molecule has 0 N–H and O–H groups in total. The van der Waals surface area contributed by atoms with Crippen molar-refractivity contribution < 1.29 is 42.9 Å². The Hall–Kier alpha value is -3.27. The third kappa shape index (κ3) is 54.3. The van der Waals surface area contributed by atoms with Gasteiger partial charge in [-0.2, -0.15) is 0 Å². The minimum atomic E-state index is -1.63. The zero-order valence-corrected chi connectivity index (χ0v) is 46.6. The van der Waals surface area contributed by atoms with E-state index < -0.39 is 24.3 Å². The number of ether oxygens (including phenoxy) is 4. The molecule has 0 aliphatic heterocycles. The van der Waals surface area contributed by atoms with Crippen molar-refractivity contribution in [1.29, 1.82) is 0 Å². The van der Waals surface area contributed by atoms with Gasteiger partial charge < -0.3 is 33.3 Å². The predicted molar refractivity (Wildman–Crippen MR) is 297 cm³/mol. The van der Waals surface area contributed by atoms with Gasteiger partial charge in [-0.25, -0.2) is 0 Å². The van der Waals surface area contributed by atoms with Gasteiger partial charge in [0, 0.05) is 12.8 Å². The van der Waals surface area contributed by atoms with Gasteiger partial charge in [0.1, 0.15) is 13.2 Å². The molecule has 0 aliphatic carbocycles. The molecule has 0 aromatic rings. The number of hydrogen-bond donors (Lipinski definition) is 0. The summed E-state index contributed by atoms with van der Waals surface area (Å²) in [5.41, 5.74) is 0. The van der Waals surface area contributed by atoms with E-state index in [0.717, 1.165) is 89.9 Å². The van der Waals surface area contributed by atoms with Crippen LogP contribution in [-0.2, 0) is 33.3 Å². The fraction of sp³-hybridized carbons (Fsp3) is 0.758. The highest BCUT2D eigenvalue weighted by Crippen LogP contribution is 2.16. The van der Waals surface area contributed by atoms with Gasteiger partial charge in [-0.15, -0.1) is 0 Å². The molecule has 0 saturated carbocycles. The summed E-state index contributed by atoms with van der Waals surface area (Å²) in [7, 11) is 5.91. The van der Waals surface area contributed by atoms with Crippen molar-refractivity contribution >= 4 is 17.9 Å². The van der Waals surface area contributed by atoms with Crippen molar-refractivity contribution in [2.24, 2.45) is 0 Å². The monoisotopic (exact) mass is 996 g/mol. The molecule has 0 saturated heterocycles. The van der Waals surface area contributed by atoms with Crippen LogP contribution in [0.25, 0.3) is 0 Å². The minimum absolute atomic E-state index is 0.143. The summed E-state index contributed by atoms with van der Waals surface area (Å²) in [6, 6.07) is 0. The zero-order valence-electron chi connectivity index (χ0n) is 46.6. The van der Waals surface area contributed by atoms with E-state index in [2.05, 4.69) is 86.8 Å². The number of allylic oxidation sites excluding steroid dienone is 12. The summed E-state index contributed by atoms with van der Waals surface area (Å²) >= 11 is 0. The lowest BCUT2D eigenvalue weighted by atomic mass is 10.0. The molecular formula is C62H109NO8. The summed E-state index contributed by atoms with van der Waals surface area (Å²) in [6.07, 6.45) is 65.3. The quantitative estimate of drug-likeness (QED) is 0.0195. The lowest BCUT2D eigenvalue weighted by Crippen LogP contribution is -2.44. The summed E-state index contributed by atoms with van der Waals surface area (Å²) in [5.74, 6) is -2.30. The second-order valence-electron chi connectivity index (χ2n) is 20.5. The number of hydrogen-bond acceptors (Lipinski definition) is 8. The number of carboxylic acids is 1. The van der Waals surface area contributed by atoms with Gasteiger partial charge in [0.15, 0.2) is 12.4 Å². The molecule has 9 nitrogen and oxygen atoms in total. The lowest BCUT2D eigenvalue weighted by molar-refractivity contribution is -0.870. The van der Waals surface area contributed by atoms with Crippen molar-refractivity contribution in [3.63, 3.8) is 0 Å². The number of esters is 2. The Morgan fingerprint density at radius 1 is 0.437 bits per heavy atom. The van der Waals surface area contributed by atoms with Crippen molar-refractivity contribution in [3.05, 3.63) is 72.9 Å². The number of quaternary nitrogens is 1. The number of carboxylic acid groups (broad SMARTS) is 1. The normalized spacial score (nSPS) is 13.3. The third-order valence-corrected chi connectivity index (χ3v) is 12.4. The van der Waals surface area contributed by atoms with E-state index in [4.69, 9.17) is 18.9 Å². The summed E-state index contributed by atoms with van der Waals surface area (Å²) in [6.45, 7) is 4.61. The Morgan fingerprint density at radius 3 is 1.20 bits per heavy atom. The second-order valence-corrected chi connectivity index (χ2v) is 20.5. The van der Waals surface area contributed by atoms with E-state index in [1.165, 1.54) is 122 Å². The van der Waals surface area contributed by atoms with E-state index in [0.29, 0.717) is 17.4 Å². The van der Waals surface area contributed by atoms with Crippen LogP contribution >= 0.6 is 0 Å². The summed E-state index contributed by atoms with van der Waals surface area (Å²) in [5, 5.41) is 11.8. The van der Waals surface area contributed by atoms with Crippen molar-refractivity contribution in [2.75, 3.05) is 47.5 Å². The predicted octanol–water partition coefficient (Wildman–Crippen LogP) is 15.7. The molecule has 410 valence electrons. The maximum absolute atomic E-state index is 12.9. The van der Waals surface area contributed by atoms with E-state index in [1.807, 2.05) is 21.1 Å². The first kappa shape index (κ1) is 67.7. The van der Waals surface area contributed by atoms with Gasteiger partial charge in [0.25, 0.3) is 0 Å². The highest BCUT2D eigenvalue weighted by atomic mass is 16.7. The van der Waals surface area contributed by atoms with Crippen LogP contribution in [0.3, 0.4) is 0 Å². The molecule has 0 aliphatic rings. The topological polar surface area (TPSA) is 111 Å². The van der Waals surface area contributed by atoms with Crippen LogP contribution < -0.4 is 5.11 Å². The SMILES string of the molecule is CC/C=C\C/C=C\C/C=C\CCCCCCCC(=O)OCC(COC(OCC[N+](C)(C)C)C(=O)[O-])OC(=O)CCCCCCCCCCCCCCCCCC/C=C\C/C=C\C/C=C\CCCCCCC. The zero-order chi connectivity index (χ0) is 52.0. The molecule has 0 aromatic carbocycles. The average molecular weight is 997 g/mol. The van der Waals surface area contributed by atoms with Gasteiger partial charge in [-0.3, -0.25) is 9.59 Å².